The molecule has 0 unspecified atom stereocenters. The number of rotatable bonds is 6. The predicted octanol–water partition coefficient (Wildman–Crippen LogP) is 4.08. The molecule has 1 atom stereocenters. The fourth-order valence-corrected chi connectivity index (χ4v) is 4.42. The number of amides is 1. The molecule has 0 aliphatic carbocycles. The van der Waals surface area contributed by atoms with Gasteiger partial charge in [-0.2, -0.15) is 0 Å². The van der Waals surface area contributed by atoms with Gasteiger partial charge in [0.15, 0.2) is 9.84 Å². The van der Waals surface area contributed by atoms with E-state index in [-0.39, 0.29) is 17.3 Å². The largest absolute Gasteiger partial charge is 0.378 e. The van der Waals surface area contributed by atoms with Crippen LogP contribution in [0, 0.1) is 5.41 Å². The summed E-state index contributed by atoms with van der Waals surface area (Å²) >= 11 is 5.90. The summed E-state index contributed by atoms with van der Waals surface area (Å²) in [6.45, 7) is 5.35. The van der Waals surface area contributed by atoms with Crippen LogP contribution in [0.1, 0.15) is 31.6 Å². The summed E-state index contributed by atoms with van der Waals surface area (Å²) in [5.41, 5.74) is 0.975. The molecule has 5 nitrogen and oxygen atoms in total. The van der Waals surface area contributed by atoms with Crippen LogP contribution in [0.15, 0.2) is 53.4 Å². The molecule has 0 radical (unpaired) electrons. The summed E-state index contributed by atoms with van der Waals surface area (Å²) < 4.78 is 26.6. The number of benzene rings is 2. The number of carbonyl (C=O) groups excluding carboxylic acids is 1. The van der Waals surface area contributed by atoms with E-state index in [2.05, 4.69) is 5.32 Å². The van der Waals surface area contributed by atoms with Crippen molar-refractivity contribution in [2.75, 3.05) is 25.5 Å². The standard InChI is InChI=1S/C21H27ClN2O3S/c1-21(2,3)20(25)23-14-19(15-6-10-17(11-7-15)24(4)5)28(26,27)18-12-8-16(22)9-13-18/h6-13,19H,14H2,1-5H3,(H,23,25)/t19-/m0/s1. The molecule has 0 aromatic heterocycles. The zero-order valence-corrected chi connectivity index (χ0v) is 18.4. The fraction of sp³-hybridized carbons (Fsp3) is 0.381. The molecule has 28 heavy (non-hydrogen) atoms. The van der Waals surface area contributed by atoms with E-state index in [0.29, 0.717) is 10.6 Å². The molecule has 0 bridgehead atoms. The Bertz CT molecular complexity index is 916. The lowest BCUT2D eigenvalue weighted by molar-refractivity contribution is -0.128. The van der Waals surface area contributed by atoms with Crippen molar-refractivity contribution in [1.82, 2.24) is 5.32 Å². The fourth-order valence-electron chi connectivity index (χ4n) is 2.63. The monoisotopic (exact) mass is 422 g/mol. The second kappa shape index (κ2) is 8.53. The number of hydrogen-bond donors (Lipinski definition) is 1. The van der Waals surface area contributed by atoms with Gasteiger partial charge in [-0.15, -0.1) is 0 Å². The van der Waals surface area contributed by atoms with Crippen LogP contribution in [0.5, 0.6) is 0 Å². The number of carbonyl (C=O) groups is 1. The molecule has 0 spiro atoms. The van der Waals surface area contributed by atoms with Crippen molar-refractivity contribution in [1.29, 1.82) is 0 Å². The van der Waals surface area contributed by atoms with Crippen LogP contribution < -0.4 is 10.2 Å². The molecule has 2 rings (SSSR count). The van der Waals surface area contributed by atoms with Gasteiger partial charge in [0.25, 0.3) is 0 Å². The summed E-state index contributed by atoms with van der Waals surface area (Å²) in [6, 6.07) is 13.4. The lowest BCUT2D eigenvalue weighted by Crippen LogP contribution is -2.38. The minimum Gasteiger partial charge on any atom is -0.378 e. The Morgan fingerprint density at radius 3 is 2.04 bits per heavy atom. The van der Waals surface area contributed by atoms with Crippen molar-refractivity contribution < 1.29 is 13.2 Å². The molecule has 152 valence electrons. The van der Waals surface area contributed by atoms with E-state index in [1.54, 1.807) is 45.0 Å². The van der Waals surface area contributed by atoms with Crippen LogP contribution in [0.25, 0.3) is 0 Å². The van der Waals surface area contributed by atoms with Crippen molar-refractivity contribution in [3.8, 4) is 0 Å². The van der Waals surface area contributed by atoms with Crippen LogP contribution in [0.3, 0.4) is 0 Å². The summed E-state index contributed by atoms with van der Waals surface area (Å²) in [7, 11) is 0.102. The molecule has 0 heterocycles. The summed E-state index contributed by atoms with van der Waals surface area (Å²) in [5.74, 6) is -0.200. The molecule has 2 aromatic carbocycles. The third-order valence-electron chi connectivity index (χ3n) is 4.43. The van der Waals surface area contributed by atoms with Gasteiger partial charge in [-0.05, 0) is 42.0 Å². The Morgan fingerprint density at radius 2 is 1.57 bits per heavy atom. The van der Waals surface area contributed by atoms with E-state index < -0.39 is 20.5 Å². The Labute approximate surface area is 172 Å². The van der Waals surface area contributed by atoms with Crippen LogP contribution in [-0.4, -0.2) is 35.0 Å². The molecule has 1 amide bonds. The predicted molar refractivity (Wildman–Crippen MR) is 115 cm³/mol. The lowest BCUT2D eigenvalue weighted by atomic mass is 9.95. The zero-order chi connectivity index (χ0) is 21.1. The van der Waals surface area contributed by atoms with Gasteiger partial charge in [0.1, 0.15) is 5.25 Å². The number of hydrogen-bond acceptors (Lipinski definition) is 4. The third-order valence-corrected chi connectivity index (χ3v) is 6.80. The van der Waals surface area contributed by atoms with Gasteiger partial charge in [0.05, 0.1) is 4.90 Å². The first-order valence-corrected chi connectivity index (χ1v) is 10.9. The van der Waals surface area contributed by atoms with E-state index in [4.69, 9.17) is 11.6 Å². The molecule has 0 saturated carbocycles. The number of nitrogens with one attached hydrogen (secondary N) is 1. The zero-order valence-electron chi connectivity index (χ0n) is 16.9. The Hall–Kier alpha value is -2.05. The van der Waals surface area contributed by atoms with Crippen LogP contribution in [0.2, 0.25) is 5.02 Å². The van der Waals surface area contributed by atoms with E-state index in [1.807, 2.05) is 31.1 Å². The molecule has 0 aliphatic rings. The van der Waals surface area contributed by atoms with E-state index >= 15 is 0 Å². The molecule has 2 aromatic rings. The molecule has 7 heteroatoms. The first-order chi connectivity index (χ1) is 12.9. The Kier molecular flexibility index (Phi) is 6.78. The van der Waals surface area contributed by atoms with Gasteiger partial charge in [-0.1, -0.05) is 44.5 Å². The first-order valence-electron chi connectivity index (χ1n) is 8.98. The molecular formula is C21H27ClN2O3S. The second-order valence-corrected chi connectivity index (χ2v) is 10.5. The quantitative estimate of drug-likeness (QED) is 0.761. The maximum atomic E-state index is 13.3. The molecular weight excluding hydrogens is 396 g/mol. The lowest BCUT2D eigenvalue weighted by Gasteiger charge is -2.23. The van der Waals surface area contributed by atoms with Crippen molar-refractivity contribution in [2.45, 2.75) is 30.9 Å². The highest BCUT2D eigenvalue weighted by molar-refractivity contribution is 7.91. The highest BCUT2D eigenvalue weighted by Crippen LogP contribution is 2.30. The van der Waals surface area contributed by atoms with Crippen molar-refractivity contribution in [3.63, 3.8) is 0 Å². The van der Waals surface area contributed by atoms with Gasteiger partial charge in [-0.25, -0.2) is 8.42 Å². The van der Waals surface area contributed by atoms with Gasteiger partial charge < -0.3 is 10.2 Å². The van der Waals surface area contributed by atoms with Crippen molar-refractivity contribution >= 4 is 33.0 Å². The number of anilines is 1. The number of nitrogens with zero attached hydrogens (tertiary/aromatic N) is 1. The maximum absolute atomic E-state index is 13.3. The van der Waals surface area contributed by atoms with Crippen LogP contribution in [-0.2, 0) is 14.6 Å². The van der Waals surface area contributed by atoms with E-state index in [9.17, 15) is 13.2 Å². The first kappa shape index (κ1) is 22.2. The van der Waals surface area contributed by atoms with E-state index in [0.717, 1.165) is 5.69 Å². The number of sulfone groups is 1. The topological polar surface area (TPSA) is 66.5 Å². The van der Waals surface area contributed by atoms with Crippen LogP contribution >= 0.6 is 11.6 Å². The SMILES string of the molecule is CN(C)c1ccc([C@H](CNC(=O)C(C)(C)C)S(=O)(=O)c2ccc(Cl)cc2)cc1. The number of halogens is 1. The summed E-state index contributed by atoms with van der Waals surface area (Å²) in [4.78, 5) is 14.4. The third kappa shape index (κ3) is 5.26. The summed E-state index contributed by atoms with van der Waals surface area (Å²) in [6.07, 6.45) is 0. The second-order valence-electron chi connectivity index (χ2n) is 7.93. The van der Waals surface area contributed by atoms with Gasteiger partial charge in [-0.3, -0.25) is 4.79 Å². The van der Waals surface area contributed by atoms with Crippen molar-refractivity contribution in [3.05, 3.63) is 59.1 Å². The molecule has 0 fully saturated rings. The highest BCUT2D eigenvalue weighted by atomic mass is 35.5. The summed E-state index contributed by atoms with van der Waals surface area (Å²) in [5, 5.41) is 2.35. The minimum atomic E-state index is -3.73. The minimum absolute atomic E-state index is 0.0115. The van der Waals surface area contributed by atoms with Crippen LogP contribution in [0.4, 0.5) is 5.69 Å². The molecule has 1 N–H and O–H groups in total. The van der Waals surface area contributed by atoms with Crippen molar-refractivity contribution in [2.24, 2.45) is 5.41 Å². The van der Waals surface area contributed by atoms with Gasteiger partial charge >= 0.3 is 0 Å². The normalized spacial score (nSPS) is 13.1. The van der Waals surface area contributed by atoms with E-state index in [1.165, 1.54) is 12.1 Å². The average molecular weight is 423 g/mol. The Balaban J connectivity index is 2.43. The molecule has 0 aliphatic heterocycles. The molecule has 0 saturated heterocycles. The highest BCUT2D eigenvalue weighted by Gasteiger charge is 2.31. The average Bonchev–Trinajstić information content (AvgIpc) is 2.61. The smallest absolute Gasteiger partial charge is 0.225 e. The maximum Gasteiger partial charge on any atom is 0.225 e. The van der Waals surface area contributed by atoms with Gasteiger partial charge in [0, 0.05) is 36.8 Å². The Morgan fingerprint density at radius 1 is 1.04 bits per heavy atom. The van der Waals surface area contributed by atoms with Gasteiger partial charge in [0.2, 0.25) is 5.91 Å².